The number of β-lactam (4-membered cyclic amide) rings is 1. The van der Waals surface area contributed by atoms with Crippen LogP contribution in [0.5, 0.6) is 0 Å². The smallest absolute Gasteiger partial charge is 0.352 e. The summed E-state index contributed by atoms with van der Waals surface area (Å²) in [5.74, 6) is -2.18. The van der Waals surface area contributed by atoms with Crippen LogP contribution >= 0.6 is 23.1 Å². The number of carbonyl (C=O) groups is 3. The number of azide groups is 1. The Morgan fingerprint density at radius 2 is 2.16 bits per heavy atom. The van der Waals surface area contributed by atoms with E-state index in [1.54, 1.807) is 22.9 Å². The summed E-state index contributed by atoms with van der Waals surface area (Å²) in [6, 6.07) is 1.31. The number of carboxylic acids is 1. The molecule has 0 radical (unpaired) electrons. The van der Waals surface area contributed by atoms with Crippen LogP contribution in [-0.2, 0) is 9.59 Å². The number of hydrogen-bond donors (Lipinski definition) is 2. The number of aromatic nitrogens is 3. The van der Waals surface area contributed by atoms with Gasteiger partial charge in [-0.3, -0.25) is 19.0 Å². The number of rotatable bonds is 10. The van der Waals surface area contributed by atoms with Crippen LogP contribution in [-0.4, -0.2) is 71.6 Å². The molecule has 1 saturated heterocycles. The number of carbonyl (C=O) groups excluding carboxylic acids is 2. The second-order valence-electron chi connectivity index (χ2n) is 9.12. The number of fused-ring (bicyclic) bond motifs is 2. The minimum atomic E-state index is -1.21. The molecule has 3 aromatic heterocycles. The number of thiazole rings is 1. The Kier molecular flexibility index (Phi) is 6.97. The van der Waals surface area contributed by atoms with Gasteiger partial charge in [-0.05, 0) is 30.7 Å². The van der Waals surface area contributed by atoms with Crippen molar-refractivity contribution in [2.75, 3.05) is 12.3 Å². The van der Waals surface area contributed by atoms with Crippen molar-refractivity contribution in [3.05, 3.63) is 63.3 Å². The maximum absolute atomic E-state index is 13.4. The lowest BCUT2D eigenvalue weighted by Crippen LogP contribution is -2.63. The quantitative estimate of drug-likeness (QED) is 0.0730. The minimum Gasteiger partial charge on any atom is -0.477 e. The van der Waals surface area contributed by atoms with E-state index in [-0.39, 0.29) is 23.1 Å². The first kappa shape index (κ1) is 25.9. The predicted molar refractivity (Wildman–Crippen MR) is 140 cm³/mol. The second kappa shape index (κ2) is 10.2. The van der Waals surface area contributed by atoms with E-state index in [1.807, 2.05) is 6.92 Å². The average molecular weight is 554 g/mol. The second-order valence-corrected chi connectivity index (χ2v) is 11.3. The Hall–Kier alpha value is -3.71. The average Bonchev–Trinajstić information content (AvgIpc) is 3.53. The van der Waals surface area contributed by atoms with Crippen LogP contribution in [0.1, 0.15) is 41.2 Å². The highest BCUT2D eigenvalue weighted by molar-refractivity contribution is 7.99. The zero-order valence-electron chi connectivity index (χ0n) is 20.4. The van der Waals surface area contributed by atoms with Gasteiger partial charge in [-0.1, -0.05) is 12.0 Å². The molecule has 2 aliphatic heterocycles. The number of nitrogens with zero attached hydrogens (tertiary/aromatic N) is 7. The van der Waals surface area contributed by atoms with Crippen molar-refractivity contribution in [1.82, 2.24) is 19.3 Å². The van der Waals surface area contributed by atoms with E-state index >= 15 is 0 Å². The number of hydrogen-bond acceptors (Lipinski definition) is 9. The largest absolute Gasteiger partial charge is 0.477 e. The third kappa shape index (κ3) is 4.25. The molecule has 38 heavy (non-hydrogen) atoms. The van der Waals surface area contributed by atoms with Gasteiger partial charge in [0.25, 0.3) is 0 Å². The first-order chi connectivity index (χ1) is 18.2. The summed E-state index contributed by atoms with van der Waals surface area (Å²) in [7, 11) is 0. The summed E-state index contributed by atoms with van der Waals surface area (Å²) in [5.41, 5.74) is 9.39. The summed E-state index contributed by atoms with van der Waals surface area (Å²) in [6.07, 6.45) is 6.17. The number of aliphatic hydroxyl groups is 1. The lowest BCUT2D eigenvalue weighted by Gasteiger charge is -2.46. The van der Waals surface area contributed by atoms with Gasteiger partial charge >= 0.3 is 5.97 Å². The molecule has 12 nitrogen and oxygen atoms in total. The standard InChI is InChI=1S/C24H23N7O5S2/c1-11-16(20(24(35)36)31-19(11)17(12(2)32)22(31)34)15-9-30-10-27-18(23(30)38-15)21(33)13-6-14(8-26-7-13)37-5-3-4-28-29-25/h6-12,17,19,32H,3-5H2,1-2H3,(H,35,36)/t11-,12+,17+,19+/m0/s1. The van der Waals surface area contributed by atoms with Crippen molar-refractivity contribution in [3.8, 4) is 0 Å². The maximum Gasteiger partial charge on any atom is 0.352 e. The Labute approximate surface area is 224 Å². The molecule has 5 heterocycles. The summed E-state index contributed by atoms with van der Waals surface area (Å²) in [4.78, 5) is 52.7. The molecule has 3 aromatic rings. The number of imidazole rings is 1. The highest BCUT2D eigenvalue weighted by Gasteiger charge is 2.60. The summed E-state index contributed by atoms with van der Waals surface area (Å²) in [5, 5.41) is 23.6. The maximum atomic E-state index is 13.4. The fourth-order valence-corrected chi connectivity index (χ4v) is 7.17. The van der Waals surface area contributed by atoms with Crippen LogP contribution in [0.15, 0.2) is 46.7 Å². The number of aliphatic hydroxyl groups excluding tert-OH is 1. The first-order valence-corrected chi connectivity index (χ1v) is 13.6. The van der Waals surface area contributed by atoms with Gasteiger partial charge in [-0.2, -0.15) is 0 Å². The predicted octanol–water partition coefficient (Wildman–Crippen LogP) is 3.47. The van der Waals surface area contributed by atoms with Gasteiger partial charge in [0.2, 0.25) is 11.7 Å². The van der Waals surface area contributed by atoms with Gasteiger partial charge in [0.15, 0.2) is 0 Å². The van der Waals surface area contributed by atoms with E-state index in [2.05, 4.69) is 20.0 Å². The lowest BCUT2D eigenvalue weighted by atomic mass is 9.77. The Bertz CT molecular complexity index is 1540. The van der Waals surface area contributed by atoms with Gasteiger partial charge < -0.3 is 15.1 Å². The number of amides is 1. The lowest BCUT2D eigenvalue weighted by molar-refractivity contribution is -0.163. The van der Waals surface area contributed by atoms with Crippen LogP contribution in [0.3, 0.4) is 0 Å². The Morgan fingerprint density at radius 1 is 1.37 bits per heavy atom. The molecule has 0 bridgehead atoms. The highest BCUT2D eigenvalue weighted by atomic mass is 32.2. The highest BCUT2D eigenvalue weighted by Crippen LogP contribution is 2.51. The van der Waals surface area contributed by atoms with Gasteiger partial charge in [0, 0.05) is 52.0 Å². The summed E-state index contributed by atoms with van der Waals surface area (Å²) >= 11 is 2.74. The van der Waals surface area contributed by atoms with Crippen LogP contribution in [0, 0.1) is 11.8 Å². The topological polar surface area (TPSA) is 174 Å². The van der Waals surface area contributed by atoms with E-state index in [9.17, 15) is 24.6 Å². The van der Waals surface area contributed by atoms with Gasteiger partial charge in [0.1, 0.15) is 22.5 Å². The fourth-order valence-electron chi connectivity index (χ4n) is 5.10. The normalized spacial score (nSPS) is 21.3. The first-order valence-electron chi connectivity index (χ1n) is 11.8. The molecule has 4 atom stereocenters. The molecule has 196 valence electrons. The number of carboxylic acid groups (broad SMARTS) is 1. The van der Waals surface area contributed by atoms with Crippen molar-refractivity contribution in [2.45, 2.75) is 37.3 Å². The molecule has 5 rings (SSSR count). The van der Waals surface area contributed by atoms with Gasteiger partial charge in [0.05, 0.1) is 22.9 Å². The van der Waals surface area contributed by atoms with E-state index in [0.717, 1.165) is 4.90 Å². The number of ketones is 1. The summed E-state index contributed by atoms with van der Waals surface area (Å²) in [6.45, 7) is 3.79. The minimum absolute atomic E-state index is 0.0795. The third-order valence-electron chi connectivity index (χ3n) is 6.78. The summed E-state index contributed by atoms with van der Waals surface area (Å²) < 4.78 is 1.68. The molecule has 0 saturated carbocycles. The Balaban J connectivity index is 1.44. The number of aliphatic carboxylic acids is 1. The van der Waals surface area contributed by atoms with E-state index < -0.39 is 29.9 Å². The van der Waals surface area contributed by atoms with Crippen molar-refractivity contribution in [2.24, 2.45) is 17.0 Å². The van der Waals surface area contributed by atoms with Crippen LogP contribution in [0.25, 0.3) is 20.8 Å². The molecule has 0 unspecified atom stereocenters. The van der Waals surface area contributed by atoms with Crippen molar-refractivity contribution >= 4 is 51.2 Å². The van der Waals surface area contributed by atoms with E-state index in [0.29, 0.717) is 39.6 Å². The van der Waals surface area contributed by atoms with Crippen LogP contribution in [0.2, 0.25) is 0 Å². The van der Waals surface area contributed by atoms with Gasteiger partial charge in [-0.15, -0.1) is 23.1 Å². The zero-order valence-corrected chi connectivity index (χ0v) is 22.0. The van der Waals surface area contributed by atoms with Crippen molar-refractivity contribution < 1.29 is 24.6 Å². The fraction of sp³-hybridized carbons (Fsp3) is 0.375. The number of pyridine rings is 1. The zero-order chi connectivity index (χ0) is 27.1. The molecule has 0 aromatic carbocycles. The van der Waals surface area contributed by atoms with Crippen molar-refractivity contribution in [1.29, 1.82) is 0 Å². The molecular formula is C24H23N7O5S2. The molecular weight excluding hydrogens is 530 g/mol. The monoisotopic (exact) mass is 553 g/mol. The SMILES string of the molecule is C[C@@H](O)[C@H]1C(=O)N2C(C(=O)O)=C(c3cn4cnc(C(=O)c5cncc(SCCCN=[N+]=[N-])c5)c4s3)[C@H](C)[C@H]12. The third-order valence-corrected chi connectivity index (χ3v) is 8.97. The number of thioether (sulfide) groups is 1. The van der Waals surface area contributed by atoms with E-state index in [4.69, 9.17) is 5.53 Å². The molecule has 0 aliphatic carbocycles. The molecule has 1 fully saturated rings. The molecule has 0 spiro atoms. The Morgan fingerprint density at radius 3 is 2.87 bits per heavy atom. The van der Waals surface area contributed by atoms with E-state index in [1.165, 1.54) is 47.4 Å². The van der Waals surface area contributed by atoms with Gasteiger partial charge in [-0.25, -0.2) is 9.78 Å². The molecule has 2 aliphatic rings. The molecule has 1 amide bonds. The van der Waals surface area contributed by atoms with Crippen LogP contribution < -0.4 is 0 Å². The molecule has 2 N–H and O–H groups in total. The van der Waals surface area contributed by atoms with Crippen LogP contribution in [0.4, 0.5) is 0 Å². The molecule has 14 heteroatoms. The van der Waals surface area contributed by atoms with Crippen molar-refractivity contribution in [3.63, 3.8) is 0 Å².